The van der Waals surface area contributed by atoms with E-state index in [0.29, 0.717) is 0 Å². The van der Waals surface area contributed by atoms with Crippen LogP contribution in [0.3, 0.4) is 0 Å². The van der Waals surface area contributed by atoms with E-state index in [9.17, 15) is 0 Å². The number of nitrogens with one attached hydrogen (secondary N) is 1. The summed E-state index contributed by atoms with van der Waals surface area (Å²) < 4.78 is 0. The van der Waals surface area contributed by atoms with Gasteiger partial charge in [-0.25, -0.2) is 0 Å². The number of rotatable bonds is 4. The van der Waals surface area contributed by atoms with Crippen molar-refractivity contribution in [2.75, 3.05) is 18.1 Å². The molecule has 1 aromatic heterocycles. The molecule has 3 heteroatoms. The Morgan fingerprint density at radius 1 is 1.16 bits per heavy atom. The standard InChI is InChI=1S/C16H20N2S/c1-2-4-16-15(3-1)14(5-8-18-16)12-17-11-13-6-9-19-10-7-13/h1-5,8,13,17H,6-7,9-12H2. The van der Waals surface area contributed by atoms with Crippen molar-refractivity contribution in [2.45, 2.75) is 19.4 Å². The van der Waals surface area contributed by atoms with Crippen molar-refractivity contribution in [1.29, 1.82) is 0 Å². The van der Waals surface area contributed by atoms with Crippen molar-refractivity contribution in [1.82, 2.24) is 10.3 Å². The monoisotopic (exact) mass is 272 g/mol. The van der Waals surface area contributed by atoms with Gasteiger partial charge in [0.25, 0.3) is 0 Å². The van der Waals surface area contributed by atoms with Crippen LogP contribution >= 0.6 is 11.8 Å². The van der Waals surface area contributed by atoms with Crippen molar-refractivity contribution in [2.24, 2.45) is 5.92 Å². The molecule has 0 atom stereocenters. The molecule has 1 aromatic carbocycles. The normalized spacial score (nSPS) is 16.8. The third-order valence-corrected chi connectivity index (χ3v) is 4.88. The summed E-state index contributed by atoms with van der Waals surface area (Å²) in [5, 5.41) is 4.90. The van der Waals surface area contributed by atoms with E-state index in [2.05, 4.69) is 46.3 Å². The zero-order valence-electron chi connectivity index (χ0n) is 11.1. The molecule has 0 saturated carbocycles. The number of hydrogen-bond acceptors (Lipinski definition) is 3. The smallest absolute Gasteiger partial charge is 0.0705 e. The molecule has 1 N–H and O–H groups in total. The number of hydrogen-bond donors (Lipinski definition) is 1. The third kappa shape index (κ3) is 3.28. The summed E-state index contributed by atoms with van der Waals surface area (Å²) >= 11 is 2.09. The predicted molar refractivity (Wildman–Crippen MR) is 83.5 cm³/mol. The fraction of sp³-hybridized carbons (Fsp3) is 0.438. The average molecular weight is 272 g/mol. The number of para-hydroxylation sites is 1. The van der Waals surface area contributed by atoms with Gasteiger partial charge in [-0.1, -0.05) is 18.2 Å². The van der Waals surface area contributed by atoms with E-state index in [1.165, 1.54) is 35.3 Å². The van der Waals surface area contributed by atoms with Gasteiger partial charge in [0, 0.05) is 18.1 Å². The first kappa shape index (κ1) is 12.9. The summed E-state index contributed by atoms with van der Waals surface area (Å²) in [4.78, 5) is 4.41. The van der Waals surface area contributed by atoms with Crippen molar-refractivity contribution in [3.8, 4) is 0 Å². The molecule has 0 spiro atoms. The van der Waals surface area contributed by atoms with Crippen LogP contribution in [-0.2, 0) is 6.54 Å². The largest absolute Gasteiger partial charge is 0.312 e. The molecule has 1 saturated heterocycles. The third-order valence-electron chi connectivity index (χ3n) is 3.83. The minimum absolute atomic E-state index is 0.870. The second kappa shape index (κ2) is 6.40. The van der Waals surface area contributed by atoms with Gasteiger partial charge in [-0.05, 0) is 54.5 Å². The average Bonchev–Trinajstić information content (AvgIpc) is 2.49. The predicted octanol–water partition coefficient (Wildman–Crippen LogP) is 3.47. The van der Waals surface area contributed by atoms with Crippen LogP contribution in [0.2, 0.25) is 0 Å². The first-order valence-electron chi connectivity index (χ1n) is 7.04. The maximum absolute atomic E-state index is 4.41. The Balaban J connectivity index is 1.62. The second-order valence-electron chi connectivity index (χ2n) is 5.17. The molecule has 1 aliphatic rings. The summed E-state index contributed by atoms with van der Waals surface area (Å²) in [6.45, 7) is 2.10. The zero-order valence-corrected chi connectivity index (χ0v) is 12.0. The van der Waals surface area contributed by atoms with Gasteiger partial charge in [0.15, 0.2) is 0 Å². The van der Waals surface area contributed by atoms with Crippen LogP contribution in [0.4, 0.5) is 0 Å². The summed E-state index contributed by atoms with van der Waals surface area (Å²) in [7, 11) is 0. The van der Waals surface area contributed by atoms with E-state index < -0.39 is 0 Å². The lowest BCUT2D eigenvalue weighted by Crippen LogP contribution is -2.25. The van der Waals surface area contributed by atoms with Gasteiger partial charge in [0.05, 0.1) is 5.52 Å². The number of thioether (sulfide) groups is 1. The molecule has 1 aliphatic heterocycles. The van der Waals surface area contributed by atoms with Crippen molar-refractivity contribution >= 4 is 22.7 Å². The Bertz CT molecular complexity index is 530. The summed E-state index contributed by atoms with van der Waals surface area (Å²) in [6.07, 6.45) is 4.65. The molecule has 19 heavy (non-hydrogen) atoms. The molecule has 3 rings (SSSR count). The highest BCUT2D eigenvalue weighted by Gasteiger charge is 2.13. The van der Waals surface area contributed by atoms with Gasteiger partial charge in [0.1, 0.15) is 0 Å². The van der Waals surface area contributed by atoms with Gasteiger partial charge in [0.2, 0.25) is 0 Å². The van der Waals surface area contributed by atoms with Crippen LogP contribution in [0, 0.1) is 5.92 Å². The van der Waals surface area contributed by atoms with Crippen LogP contribution in [-0.4, -0.2) is 23.0 Å². The second-order valence-corrected chi connectivity index (χ2v) is 6.40. The zero-order chi connectivity index (χ0) is 12.9. The van der Waals surface area contributed by atoms with E-state index in [1.54, 1.807) is 0 Å². The molecule has 0 aliphatic carbocycles. The highest BCUT2D eigenvalue weighted by atomic mass is 32.2. The molecule has 0 bridgehead atoms. The Hall–Kier alpha value is -1.06. The molecule has 0 unspecified atom stereocenters. The number of aromatic nitrogens is 1. The van der Waals surface area contributed by atoms with Gasteiger partial charge >= 0.3 is 0 Å². The van der Waals surface area contributed by atoms with Crippen molar-refractivity contribution < 1.29 is 0 Å². The first-order chi connectivity index (χ1) is 9.43. The van der Waals surface area contributed by atoms with E-state index >= 15 is 0 Å². The quantitative estimate of drug-likeness (QED) is 0.922. The van der Waals surface area contributed by atoms with E-state index in [4.69, 9.17) is 0 Å². The van der Waals surface area contributed by atoms with Gasteiger partial charge < -0.3 is 5.32 Å². The molecule has 0 amide bonds. The summed E-state index contributed by atoms with van der Waals surface area (Å²) in [5.74, 6) is 3.55. The maximum atomic E-state index is 4.41. The highest BCUT2D eigenvalue weighted by molar-refractivity contribution is 7.99. The Kier molecular flexibility index (Phi) is 4.36. The number of pyridine rings is 1. The molecule has 2 heterocycles. The van der Waals surface area contributed by atoms with E-state index in [1.807, 2.05) is 12.3 Å². The number of nitrogens with zero attached hydrogens (tertiary/aromatic N) is 1. The van der Waals surface area contributed by atoms with Crippen molar-refractivity contribution in [3.05, 3.63) is 42.1 Å². The first-order valence-corrected chi connectivity index (χ1v) is 8.20. The highest BCUT2D eigenvalue weighted by Crippen LogP contribution is 2.22. The topological polar surface area (TPSA) is 24.9 Å². The molecule has 2 nitrogen and oxygen atoms in total. The lowest BCUT2D eigenvalue weighted by atomic mass is 10.0. The van der Waals surface area contributed by atoms with E-state index in [0.717, 1.165) is 24.5 Å². The fourth-order valence-corrected chi connectivity index (χ4v) is 3.87. The Morgan fingerprint density at radius 3 is 2.89 bits per heavy atom. The van der Waals surface area contributed by atoms with Crippen LogP contribution in [0.1, 0.15) is 18.4 Å². The lowest BCUT2D eigenvalue weighted by Gasteiger charge is -2.21. The van der Waals surface area contributed by atoms with Gasteiger partial charge in [-0.15, -0.1) is 0 Å². The molecule has 100 valence electrons. The number of benzene rings is 1. The Labute approximate surface area is 119 Å². The van der Waals surface area contributed by atoms with Crippen molar-refractivity contribution in [3.63, 3.8) is 0 Å². The lowest BCUT2D eigenvalue weighted by molar-refractivity contribution is 0.448. The fourth-order valence-electron chi connectivity index (χ4n) is 2.67. The minimum Gasteiger partial charge on any atom is -0.312 e. The molecule has 0 radical (unpaired) electrons. The molecular weight excluding hydrogens is 252 g/mol. The van der Waals surface area contributed by atoms with E-state index in [-0.39, 0.29) is 0 Å². The summed E-state index contributed by atoms with van der Waals surface area (Å²) in [6, 6.07) is 10.5. The molecule has 1 fully saturated rings. The molecule has 2 aromatic rings. The Morgan fingerprint density at radius 2 is 2.00 bits per heavy atom. The van der Waals surface area contributed by atoms with Crippen LogP contribution in [0.15, 0.2) is 36.5 Å². The SMILES string of the molecule is c1ccc2c(CNCC3CCSCC3)ccnc2c1. The maximum Gasteiger partial charge on any atom is 0.0705 e. The minimum atomic E-state index is 0.870. The molecular formula is C16H20N2S. The van der Waals surface area contributed by atoms with Crippen LogP contribution in [0.25, 0.3) is 10.9 Å². The van der Waals surface area contributed by atoms with Gasteiger partial charge in [-0.3, -0.25) is 4.98 Å². The number of fused-ring (bicyclic) bond motifs is 1. The van der Waals surface area contributed by atoms with Gasteiger partial charge in [-0.2, -0.15) is 11.8 Å². The van der Waals surface area contributed by atoms with Crippen LogP contribution < -0.4 is 5.32 Å². The van der Waals surface area contributed by atoms with Crippen LogP contribution in [0.5, 0.6) is 0 Å². The summed E-state index contributed by atoms with van der Waals surface area (Å²) in [5.41, 5.74) is 2.45.